The topological polar surface area (TPSA) is 115 Å². The van der Waals surface area contributed by atoms with Crippen molar-refractivity contribution in [3.05, 3.63) is 59.9 Å². The van der Waals surface area contributed by atoms with E-state index in [1.807, 2.05) is 30.3 Å². The average Bonchev–Trinajstić information content (AvgIpc) is 3.21. The number of aromatic nitrogens is 3. The number of nitrogens with zero attached hydrogens (tertiary/aromatic N) is 3. The predicted octanol–water partition coefficient (Wildman–Crippen LogP) is 4.15. The number of imidazole rings is 1. The van der Waals surface area contributed by atoms with Crippen LogP contribution in [0.15, 0.2) is 48.5 Å². The summed E-state index contributed by atoms with van der Waals surface area (Å²) < 4.78 is 7.50. The van der Waals surface area contributed by atoms with Gasteiger partial charge in [-0.15, -0.1) is 0 Å². The number of aryl methyl sites for hydroxylation is 2. The van der Waals surface area contributed by atoms with Gasteiger partial charge >= 0.3 is 5.97 Å². The first kappa shape index (κ1) is 23.5. The van der Waals surface area contributed by atoms with Gasteiger partial charge in [0.05, 0.1) is 11.0 Å². The number of carboxylic acids is 1. The van der Waals surface area contributed by atoms with Crippen LogP contribution in [0.4, 0.5) is 5.82 Å². The van der Waals surface area contributed by atoms with Crippen molar-refractivity contribution >= 4 is 33.7 Å². The van der Waals surface area contributed by atoms with E-state index in [0.717, 1.165) is 78.6 Å². The third-order valence-electron chi connectivity index (χ3n) is 5.79. The van der Waals surface area contributed by atoms with Crippen LogP contribution >= 0.6 is 0 Å². The molecule has 0 spiro atoms. The summed E-state index contributed by atoms with van der Waals surface area (Å²) in [6.45, 7) is 4.28. The van der Waals surface area contributed by atoms with E-state index in [1.54, 1.807) is 12.1 Å². The molecule has 0 bridgehead atoms. The van der Waals surface area contributed by atoms with Gasteiger partial charge in [-0.3, -0.25) is 0 Å². The lowest BCUT2D eigenvalue weighted by Crippen LogP contribution is -2.17. The van der Waals surface area contributed by atoms with Gasteiger partial charge in [-0.1, -0.05) is 43.7 Å². The highest BCUT2D eigenvalue weighted by Gasteiger charge is 2.16. The van der Waals surface area contributed by atoms with Gasteiger partial charge in [0.1, 0.15) is 17.1 Å². The molecular formula is C26H31N5O3. The van der Waals surface area contributed by atoms with Crippen LogP contribution in [0, 0.1) is 0 Å². The number of rotatable bonds is 12. The number of unbranched alkanes of at least 4 members (excludes halogenated alkanes) is 1. The number of hydrogen-bond donors (Lipinski definition) is 3. The van der Waals surface area contributed by atoms with E-state index in [2.05, 4.69) is 27.9 Å². The number of fused-ring (bicyclic) bond motifs is 3. The molecule has 0 unspecified atom stereocenters. The fourth-order valence-electron chi connectivity index (χ4n) is 4.12. The maximum absolute atomic E-state index is 10.6. The summed E-state index contributed by atoms with van der Waals surface area (Å²) >= 11 is 0. The lowest BCUT2D eigenvalue weighted by Gasteiger charge is -2.12. The second-order valence-electron chi connectivity index (χ2n) is 8.35. The molecule has 2 aromatic heterocycles. The smallest absolute Gasteiger partial charge is 0.341 e. The molecule has 0 saturated carbocycles. The summed E-state index contributed by atoms with van der Waals surface area (Å²) in [5, 5.41) is 13.3. The van der Waals surface area contributed by atoms with Crippen LogP contribution in [0.3, 0.4) is 0 Å². The summed E-state index contributed by atoms with van der Waals surface area (Å²) in [5.41, 5.74) is 10.2. The van der Waals surface area contributed by atoms with Crippen molar-refractivity contribution in [1.29, 1.82) is 0 Å². The molecule has 0 fully saturated rings. The number of hydrogen-bond acceptors (Lipinski definition) is 6. The lowest BCUT2D eigenvalue weighted by molar-refractivity contribution is -0.139. The van der Waals surface area contributed by atoms with Crippen LogP contribution in [0.25, 0.3) is 21.9 Å². The van der Waals surface area contributed by atoms with Crippen LogP contribution in [-0.4, -0.2) is 38.8 Å². The number of para-hydroxylation sites is 1. The monoisotopic (exact) mass is 461 g/mol. The predicted molar refractivity (Wildman–Crippen MR) is 134 cm³/mol. The van der Waals surface area contributed by atoms with E-state index in [0.29, 0.717) is 11.6 Å². The van der Waals surface area contributed by atoms with E-state index < -0.39 is 5.97 Å². The third-order valence-corrected chi connectivity index (χ3v) is 5.79. The second kappa shape index (κ2) is 11.0. The SMILES string of the molecule is CCCCc1nc2c(N)nc3ccccc3c2n1CCCNCc1ccc(OCC(=O)O)cc1. The molecule has 0 aliphatic heterocycles. The van der Waals surface area contributed by atoms with Gasteiger partial charge in [-0.2, -0.15) is 0 Å². The van der Waals surface area contributed by atoms with Gasteiger partial charge in [0.25, 0.3) is 0 Å². The Balaban J connectivity index is 1.42. The minimum Gasteiger partial charge on any atom is -0.482 e. The molecule has 4 rings (SSSR count). The van der Waals surface area contributed by atoms with Crippen molar-refractivity contribution < 1.29 is 14.6 Å². The Bertz CT molecular complexity index is 1270. The molecule has 2 aromatic carbocycles. The van der Waals surface area contributed by atoms with Crippen molar-refractivity contribution in [2.75, 3.05) is 18.9 Å². The highest BCUT2D eigenvalue weighted by molar-refractivity contribution is 6.06. The Kier molecular flexibility index (Phi) is 7.59. The Hall–Kier alpha value is -3.65. The zero-order valence-electron chi connectivity index (χ0n) is 19.5. The first-order valence-electron chi connectivity index (χ1n) is 11.7. The van der Waals surface area contributed by atoms with E-state index in [1.165, 1.54) is 0 Å². The molecule has 0 saturated heterocycles. The first-order chi connectivity index (χ1) is 16.6. The maximum Gasteiger partial charge on any atom is 0.341 e. The first-order valence-corrected chi connectivity index (χ1v) is 11.7. The standard InChI is InChI=1S/C26H31N5O3/c1-2-3-9-22-30-24-25(20-7-4-5-8-21(20)29-26(24)27)31(22)15-6-14-28-16-18-10-12-19(13-11-18)34-17-23(32)33/h4-5,7-8,10-13,28H,2-3,6,9,14-17H2,1H3,(H2,27,29)(H,32,33). The Morgan fingerprint density at radius 3 is 2.68 bits per heavy atom. The molecule has 0 aliphatic rings. The highest BCUT2D eigenvalue weighted by Crippen LogP contribution is 2.29. The number of ether oxygens (including phenoxy) is 1. The quantitative estimate of drug-likeness (QED) is 0.271. The van der Waals surface area contributed by atoms with Gasteiger partial charge in [-0.05, 0) is 43.1 Å². The molecule has 0 aliphatic carbocycles. The number of benzene rings is 2. The molecule has 0 atom stereocenters. The Morgan fingerprint density at radius 1 is 1.12 bits per heavy atom. The summed E-state index contributed by atoms with van der Waals surface area (Å²) in [5.74, 6) is 1.12. The highest BCUT2D eigenvalue weighted by atomic mass is 16.5. The normalized spacial score (nSPS) is 11.3. The van der Waals surface area contributed by atoms with Gasteiger partial charge < -0.3 is 25.5 Å². The van der Waals surface area contributed by atoms with Gasteiger partial charge in [0.2, 0.25) is 0 Å². The van der Waals surface area contributed by atoms with E-state index in [-0.39, 0.29) is 6.61 Å². The Labute approximate surface area is 198 Å². The van der Waals surface area contributed by atoms with Crippen LogP contribution in [0.5, 0.6) is 5.75 Å². The van der Waals surface area contributed by atoms with E-state index in [4.69, 9.17) is 20.6 Å². The number of aliphatic carboxylic acids is 1. The number of nitrogen functional groups attached to an aromatic ring is 1. The third kappa shape index (κ3) is 5.46. The number of nitrogens with one attached hydrogen (secondary N) is 1. The Morgan fingerprint density at radius 2 is 1.91 bits per heavy atom. The molecule has 178 valence electrons. The van der Waals surface area contributed by atoms with Crippen LogP contribution in [0.1, 0.15) is 37.6 Å². The number of anilines is 1. The van der Waals surface area contributed by atoms with E-state index >= 15 is 0 Å². The molecule has 4 aromatic rings. The maximum atomic E-state index is 10.6. The summed E-state index contributed by atoms with van der Waals surface area (Å²) in [6.07, 6.45) is 4.06. The van der Waals surface area contributed by atoms with Gasteiger partial charge in [-0.25, -0.2) is 14.8 Å². The second-order valence-corrected chi connectivity index (χ2v) is 8.35. The molecule has 0 amide bonds. The molecule has 34 heavy (non-hydrogen) atoms. The van der Waals surface area contributed by atoms with Gasteiger partial charge in [0, 0.05) is 24.9 Å². The van der Waals surface area contributed by atoms with Crippen molar-refractivity contribution in [2.45, 2.75) is 45.7 Å². The van der Waals surface area contributed by atoms with Crippen molar-refractivity contribution in [3.8, 4) is 5.75 Å². The molecule has 8 nitrogen and oxygen atoms in total. The lowest BCUT2D eigenvalue weighted by atomic mass is 10.2. The van der Waals surface area contributed by atoms with Crippen LogP contribution in [-0.2, 0) is 24.3 Å². The molecule has 8 heteroatoms. The molecule has 2 heterocycles. The zero-order valence-corrected chi connectivity index (χ0v) is 19.5. The summed E-state index contributed by atoms with van der Waals surface area (Å²) in [6, 6.07) is 15.6. The molecular weight excluding hydrogens is 430 g/mol. The summed E-state index contributed by atoms with van der Waals surface area (Å²) in [4.78, 5) is 20.1. The number of carboxylic acid groups (broad SMARTS) is 1. The van der Waals surface area contributed by atoms with E-state index in [9.17, 15) is 4.79 Å². The molecule has 4 N–H and O–H groups in total. The zero-order chi connectivity index (χ0) is 23.9. The van der Waals surface area contributed by atoms with Crippen molar-refractivity contribution in [2.24, 2.45) is 0 Å². The number of carbonyl (C=O) groups is 1. The minimum absolute atomic E-state index is 0.336. The molecule has 0 radical (unpaired) electrons. The van der Waals surface area contributed by atoms with Crippen LogP contribution < -0.4 is 15.8 Å². The van der Waals surface area contributed by atoms with Gasteiger partial charge in [0.15, 0.2) is 12.4 Å². The number of pyridine rings is 1. The largest absolute Gasteiger partial charge is 0.482 e. The minimum atomic E-state index is -0.985. The fraction of sp³-hybridized carbons (Fsp3) is 0.346. The fourth-order valence-corrected chi connectivity index (χ4v) is 4.12. The number of nitrogens with two attached hydrogens (primary N) is 1. The summed E-state index contributed by atoms with van der Waals surface area (Å²) in [7, 11) is 0. The van der Waals surface area contributed by atoms with Crippen molar-refractivity contribution in [1.82, 2.24) is 19.9 Å². The average molecular weight is 462 g/mol. The van der Waals surface area contributed by atoms with Crippen molar-refractivity contribution in [3.63, 3.8) is 0 Å². The van der Waals surface area contributed by atoms with Crippen LogP contribution in [0.2, 0.25) is 0 Å².